The summed E-state index contributed by atoms with van der Waals surface area (Å²) in [5, 5.41) is 6.74. The lowest BCUT2D eigenvalue weighted by atomic mass is 9.97. The summed E-state index contributed by atoms with van der Waals surface area (Å²) in [7, 11) is 0. The van der Waals surface area contributed by atoms with Crippen LogP contribution in [0, 0.1) is 0 Å². The number of piperazine rings is 1. The van der Waals surface area contributed by atoms with Gasteiger partial charge in [0.05, 0.1) is 0 Å². The van der Waals surface area contributed by atoms with E-state index in [9.17, 15) is 4.79 Å². The average Bonchev–Trinajstić information content (AvgIpc) is 2.46. The van der Waals surface area contributed by atoms with E-state index in [1.54, 1.807) is 0 Å². The van der Waals surface area contributed by atoms with Crippen molar-refractivity contribution in [1.29, 1.82) is 0 Å². The lowest BCUT2D eigenvalue weighted by Crippen LogP contribution is -2.49. The van der Waals surface area contributed by atoms with Crippen molar-refractivity contribution < 1.29 is 4.79 Å². The Hall–Kier alpha value is -0.410. The molecule has 0 aliphatic carbocycles. The summed E-state index contributed by atoms with van der Waals surface area (Å²) in [6, 6.07) is 0.625. The molecule has 0 aromatic rings. The van der Waals surface area contributed by atoms with Gasteiger partial charge in [-0.3, -0.25) is 0 Å². The van der Waals surface area contributed by atoms with E-state index in [0.29, 0.717) is 12.5 Å². The molecule has 0 aromatic heterocycles. The summed E-state index contributed by atoms with van der Waals surface area (Å²) in [4.78, 5) is 10.3. The van der Waals surface area contributed by atoms with Crippen LogP contribution >= 0.6 is 0 Å². The second-order valence-electron chi connectivity index (χ2n) is 3.31. The molecule has 56 valence electrons. The topological polar surface area (TPSA) is 41.1 Å². The Morgan fingerprint density at radius 2 is 2.60 bits per heavy atom. The van der Waals surface area contributed by atoms with Gasteiger partial charge in [-0.1, -0.05) is 0 Å². The first-order valence-corrected chi connectivity index (χ1v) is 3.77. The Morgan fingerprint density at radius 1 is 1.70 bits per heavy atom. The molecule has 2 bridgehead atoms. The maximum atomic E-state index is 10.3. The minimum atomic E-state index is 0.131. The number of aldehydes is 1. The lowest BCUT2D eigenvalue weighted by molar-refractivity contribution is -0.108. The van der Waals surface area contributed by atoms with Crippen molar-refractivity contribution in [2.24, 2.45) is 0 Å². The molecule has 2 heterocycles. The zero-order chi connectivity index (χ0) is 7.03. The fraction of sp³-hybridized carbons (Fsp3) is 0.857. The molecule has 2 saturated heterocycles. The van der Waals surface area contributed by atoms with Crippen LogP contribution in [0.2, 0.25) is 0 Å². The number of hydrogen-bond donors (Lipinski definition) is 2. The van der Waals surface area contributed by atoms with E-state index in [2.05, 4.69) is 10.6 Å². The number of nitrogens with one attached hydrogen (secondary N) is 2. The van der Waals surface area contributed by atoms with E-state index in [-0.39, 0.29) is 5.54 Å². The third-order valence-electron chi connectivity index (χ3n) is 2.56. The first kappa shape index (κ1) is 6.31. The fourth-order valence-corrected chi connectivity index (χ4v) is 1.96. The van der Waals surface area contributed by atoms with Crippen LogP contribution in [0.25, 0.3) is 0 Å². The molecule has 3 heteroatoms. The third kappa shape index (κ3) is 0.777. The van der Waals surface area contributed by atoms with E-state index in [1.165, 1.54) is 0 Å². The Kier molecular flexibility index (Phi) is 1.28. The number of carbonyl (C=O) groups excluding carboxylic acids is 1. The Labute approximate surface area is 60.2 Å². The number of rotatable bonds is 2. The molecular formula is C7H12N2O. The van der Waals surface area contributed by atoms with Crippen molar-refractivity contribution in [3.05, 3.63) is 0 Å². The largest absolute Gasteiger partial charge is 0.311 e. The van der Waals surface area contributed by atoms with Crippen molar-refractivity contribution in [3.8, 4) is 0 Å². The SMILES string of the molecule is O=CCC12CNC(CN1)C2. The van der Waals surface area contributed by atoms with Crippen molar-refractivity contribution in [2.45, 2.75) is 24.4 Å². The summed E-state index contributed by atoms with van der Waals surface area (Å²) in [6.45, 7) is 2.00. The van der Waals surface area contributed by atoms with Gasteiger partial charge in [0.15, 0.2) is 0 Å². The van der Waals surface area contributed by atoms with Crippen LogP contribution in [0.1, 0.15) is 12.8 Å². The summed E-state index contributed by atoms with van der Waals surface area (Å²) in [5.74, 6) is 0. The van der Waals surface area contributed by atoms with Gasteiger partial charge >= 0.3 is 0 Å². The Morgan fingerprint density at radius 3 is 3.00 bits per heavy atom. The van der Waals surface area contributed by atoms with Gasteiger partial charge < -0.3 is 15.4 Å². The normalized spacial score (nSPS) is 44.2. The van der Waals surface area contributed by atoms with Crippen LogP contribution in [0.4, 0.5) is 0 Å². The minimum Gasteiger partial charge on any atom is -0.311 e. The first-order valence-electron chi connectivity index (χ1n) is 3.77. The molecule has 10 heavy (non-hydrogen) atoms. The second-order valence-corrected chi connectivity index (χ2v) is 3.31. The van der Waals surface area contributed by atoms with Gasteiger partial charge in [-0.05, 0) is 6.42 Å². The maximum absolute atomic E-state index is 10.3. The van der Waals surface area contributed by atoms with Gasteiger partial charge in [-0.15, -0.1) is 0 Å². The van der Waals surface area contributed by atoms with E-state index in [4.69, 9.17) is 0 Å². The van der Waals surface area contributed by atoms with E-state index in [1.807, 2.05) is 0 Å². The molecule has 2 aliphatic heterocycles. The van der Waals surface area contributed by atoms with Crippen molar-refractivity contribution in [2.75, 3.05) is 13.1 Å². The van der Waals surface area contributed by atoms with Gasteiger partial charge in [0, 0.05) is 31.1 Å². The van der Waals surface area contributed by atoms with E-state index in [0.717, 1.165) is 25.8 Å². The molecular weight excluding hydrogens is 128 g/mol. The highest BCUT2D eigenvalue weighted by atomic mass is 16.1. The van der Waals surface area contributed by atoms with E-state index < -0.39 is 0 Å². The molecule has 2 fully saturated rings. The van der Waals surface area contributed by atoms with Gasteiger partial charge in [-0.25, -0.2) is 0 Å². The number of carbonyl (C=O) groups is 1. The quantitative estimate of drug-likeness (QED) is 0.497. The molecule has 0 aromatic carbocycles. The third-order valence-corrected chi connectivity index (χ3v) is 2.56. The molecule has 2 N–H and O–H groups in total. The van der Waals surface area contributed by atoms with Crippen LogP contribution in [0.5, 0.6) is 0 Å². The summed E-state index contributed by atoms with van der Waals surface area (Å²) in [5.41, 5.74) is 0.131. The van der Waals surface area contributed by atoms with Gasteiger partial charge in [-0.2, -0.15) is 0 Å². The van der Waals surface area contributed by atoms with Gasteiger partial charge in [0.1, 0.15) is 6.29 Å². The highest BCUT2D eigenvalue weighted by Crippen LogP contribution is 2.27. The Balaban J connectivity index is 2.07. The van der Waals surface area contributed by atoms with Crippen LogP contribution < -0.4 is 10.6 Å². The average molecular weight is 140 g/mol. The molecule has 0 radical (unpaired) electrons. The van der Waals surface area contributed by atoms with Crippen LogP contribution in [-0.4, -0.2) is 31.0 Å². The Bertz CT molecular complexity index is 150. The first-order chi connectivity index (χ1) is 4.85. The molecule has 0 spiro atoms. The summed E-state index contributed by atoms with van der Waals surface area (Å²) >= 11 is 0. The van der Waals surface area contributed by atoms with Gasteiger partial charge in [0.25, 0.3) is 0 Å². The van der Waals surface area contributed by atoms with Crippen LogP contribution in [0.3, 0.4) is 0 Å². The highest BCUT2D eigenvalue weighted by molar-refractivity contribution is 5.52. The van der Waals surface area contributed by atoms with Crippen LogP contribution in [0.15, 0.2) is 0 Å². The maximum Gasteiger partial charge on any atom is 0.121 e. The molecule has 3 nitrogen and oxygen atoms in total. The molecule has 2 aliphatic rings. The molecule has 0 saturated carbocycles. The molecule has 2 rings (SSSR count). The van der Waals surface area contributed by atoms with Crippen molar-refractivity contribution >= 4 is 6.29 Å². The minimum absolute atomic E-state index is 0.131. The highest BCUT2D eigenvalue weighted by Gasteiger charge is 2.43. The standard InChI is InChI=1S/C7H12N2O/c10-2-1-7-3-6(4-9-7)8-5-7/h2,6,8-9H,1,3-5H2. The number of fused-ring (bicyclic) bond motifs is 2. The zero-order valence-electron chi connectivity index (χ0n) is 5.89. The van der Waals surface area contributed by atoms with E-state index >= 15 is 0 Å². The smallest absolute Gasteiger partial charge is 0.121 e. The van der Waals surface area contributed by atoms with Crippen molar-refractivity contribution in [3.63, 3.8) is 0 Å². The summed E-state index contributed by atoms with van der Waals surface area (Å²) < 4.78 is 0. The number of hydrogen-bond acceptors (Lipinski definition) is 3. The molecule has 0 amide bonds. The fourth-order valence-electron chi connectivity index (χ4n) is 1.96. The predicted molar refractivity (Wildman–Crippen MR) is 37.8 cm³/mol. The lowest BCUT2D eigenvalue weighted by Gasteiger charge is -2.24. The molecule has 2 unspecified atom stereocenters. The zero-order valence-corrected chi connectivity index (χ0v) is 5.89. The van der Waals surface area contributed by atoms with Crippen molar-refractivity contribution in [1.82, 2.24) is 10.6 Å². The second kappa shape index (κ2) is 2.04. The monoisotopic (exact) mass is 140 g/mol. The predicted octanol–water partition coefficient (Wildman–Crippen LogP) is -0.721. The molecule has 2 atom stereocenters. The summed E-state index contributed by atoms with van der Waals surface area (Å²) in [6.07, 6.45) is 2.81. The van der Waals surface area contributed by atoms with Gasteiger partial charge in [0.2, 0.25) is 0 Å². The van der Waals surface area contributed by atoms with Crippen LogP contribution in [-0.2, 0) is 4.79 Å².